The molecule has 0 spiro atoms. The van der Waals surface area contributed by atoms with Crippen LogP contribution in [-0.4, -0.2) is 22.4 Å². The number of nitrogens with zero attached hydrogens (tertiary/aromatic N) is 3. The minimum atomic E-state index is -0.0352. The molecular weight excluding hydrogens is 276 g/mol. The Morgan fingerprint density at radius 1 is 1.32 bits per heavy atom. The van der Waals surface area contributed by atoms with Gasteiger partial charge < -0.3 is 5.32 Å². The summed E-state index contributed by atoms with van der Waals surface area (Å²) < 4.78 is 1.85. The number of aromatic nitrogens is 2. The van der Waals surface area contributed by atoms with E-state index in [1.807, 2.05) is 42.6 Å². The summed E-state index contributed by atoms with van der Waals surface area (Å²) in [5.41, 5.74) is 6.74. The maximum absolute atomic E-state index is 12.5. The summed E-state index contributed by atoms with van der Waals surface area (Å²) in [6.45, 7) is 7.36. The Morgan fingerprint density at radius 3 is 2.77 bits per heavy atom. The van der Waals surface area contributed by atoms with Gasteiger partial charge in [-0.3, -0.25) is 9.58 Å². The van der Waals surface area contributed by atoms with Crippen molar-refractivity contribution in [1.82, 2.24) is 15.1 Å². The fourth-order valence-electron chi connectivity index (χ4n) is 3.15. The van der Waals surface area contributed by atoms with Gasteiger partial charge in [0.05, 0.1) is 5.69 Å². The maximum atomic E-state index is 12.5. The number of aryl methyl sites for hydroxylation is 3. The monoisotopic (exact) mass is 298 g/mol. The van der Waals surface area contributed by atoms with E-state index in [9.17, 15) is 4.79 Å². The number of benzene rings is 1. The maximum Gasteiger partial charge on any atom is 0.322 e. The first-order valence-electron chi connectivity index (χ1n) is 7.62. The molecule has 0 saturated carbocycles. The molecule has 1 aliphatic rings. The third kappa shape index (κ3) is 2.36. The molecule has 0 fully saturated rings. The van der Waals surface area contributed by atoms with Crippen LogP contribution in [0.4, 0.5) is 10.5 Å². The van der Waals surface area contributed by atoms with Crippen LogP contribution in [-0.2, 0) is 20.0 Å². The smallest absolute Gasteiger partial charge is 0.322 e. The number of fused-ring (bicyclic) bond motifs is 1. The molecule has 22 heavy (non-hydrogen) atoms. The molecule has 2 heterocycles. The predicted molar refractivity (Wildman–Crippen MR) is 87.1 cm³/mol. The zero-order valence-electron chi connectivity index (χ0n) is 13.6. The molecule has 0 aliphatic carbocycles. The van der Waals surface area contributed by atoms with Gasteiger partial charge in [0.1, 0.15) is 0 Å². The molecule has 0 bridgehead atoms. The Hall–Kier alpha value is -2.30. The van der Waals surface area contributed by atoms with Crippen molar-refractivity contribution >= 4 is 11.7 Å². The van der Waals surface area contributed by atoms with Crippen molar-refractivity contribution in [3.8, 4) is 0 Å². The van der Waals surface area contributed by atoms with Crippen molar-refractivity contribution in [2.75, 3.05) is 11.4 Å². The SMILES string of the molecule is Cc1cccc2c1CCN2C(=O)NCc1c(C)nn(C)c1C. The van der Waals surface area contributed by atoms with Gasteiger partial charge in [-0.2, -0.15) is 5.10 Å². The molecular formula is C17H22N4O. The molecule has 3 rings (SSSR count). The predicted octanol–water partition coefficient (Wildman–Crippen LogP) is 2.62. The molecule has 1 N–H and O–H groups in total. The number of amides is 2. The first-order valence-corrected chi connectivity index (χ1v) is 7.62. The number of urea groups is 1. The molecule has 0 atom stereocenters. The van der Waals surface area contributed by atoms with E-state index in [0.29, 0.717) is 6.54 Å². The van der Waals surface area contributed by atoms with Crippen LogP contribution in [0.15, 0.2) is 18.2 Å². The second-order valence-corrected chi connectivity index (χ2v) is 5.91. The van der Waals surface area contributed by atoms with Gasteiger partial charge in [-0.1, -0.05) is 12.1 Å². The largest absolute Gasteiger partial charge is 0.333 e. The van der Waals surface area contributed by atoms with Crippen LogP contribution < -0.4 is 10.2 Å². The second-order valence-electron chi connectivity index (χ2n) is 5.91. The van der Waals surface area contributed by atoms with E-state index < -0.39 is 0 Å². The van der Waals surface area contributed by atoms with E-state index in [-0.39, 0.29) is 6.03 Å². The van der Waals surface area contributed by atoms with Crippen molar-refractivity contribution in [3.63, 3.8) is 0 Å². The van der Waals surface area contributed by atoms with Crippen LogP contribution in [0.1, 0.15) is 28.1 Å². The summed E-state index contributed by atoms with van der Waals surface area (Å²) in [5, 5.41) is 7.42. The minimum Gasteiger partial charge on any atom is -0.333 e. The quantitative estimate of drug-likeness (QED) is 0.926. The lowest BCUT2D eigenvalue weighted by molar-refractivity contribution is 0.246. The molecule has 1 aromatic heterocycles. The summed E-state index contributed by atoms with van der Waals surface area (Å²) in [4.78, 5) is 14.3. The number of hydrogen-bond donors (Lipinski definition) is 1. The fourth-order valence-corrected chi connectivity index (χ4v) is 3.15. The minimum absolute atomic E-state index is 0.0352. The summed E-state index contributed by atoms with van der Waals surface area (Å²) >= 11 is 0. The van der Waals surface area contributed by atoms with E-state index in [1.165, 1.54) is 11.1 Å². The molecule has 0 saturated heterocycles. The first kappa shape index (κ1) is 14.6. The highest BCUT2D eigenvalue weighted by Crippen LogP contribution is 2.30. The lowest BCUT2D eigenvalue weighted by atomic mass is 10.1. The summed E-state index contributed by atoms with van der Waals surface area (Å²) in [6.07, 6.45) is 0.931. The number of anilines is 1. The van der Waals surface area contributed by atoms with Crippen LogP contribution in [0.2, 0.25) is 0 Å². The van der Waals surface area contributed by atoms with Gasteiger partial charge in [0.15, 0.2) is 0 Å². The van der Waals surface area contributed by atoms with Crippen molar-refractivity contribution in [2.24, 2.45) is 7.05 Å². The van der Waals surface area contributed by atoms with Crippen LogP contribution in [0.3, 0.4) is 0 Å². The Balaban J connectivity index is 1.73. The van der Waals surface area contributed by atoms with Crippen molar-refractivity contribution in [3.05, 3.63) is 46.3 Å². The zero-order chi connectivity index (χ0) is 15.9. The second kappa shape index (κ2) is 5.48. The molecule has 5 nitrogen and oxygen atoms in total. The Morgan fingerprint density at radius 2 is 2.09 bits per heavy atom. The fraction of sp³-hybridized carbons (Fsp3) is 0.412. The van der Waals surface area contributed by atoms with Crippen LogP contribution in [0.25, 0.3) is 0 Å². The normalized spacial score (nSPS) is 13.4. The van der Waals surface area contributed by atoms with Gasteiger partial charge in [-0.15, -0.1) is 0 Å². The van der Waals surface area contributed by atoms with Gasteiger partial charge in [-0.25, -0.2) is 4.79 Å². The number of nitrogens with one attached hydrogen (secondary N) is 1. The van der Waals surface area contributed by atoms with E-state index in [0.717, 1.165) is 35.6 Å². The molecule has 0 radical (unpaired) electrons. The lowest BCUT2D eigenvalue weighted by Crippen LogP contribution is -2.38. The van der Waals surface area contributed by atoms with Gasteiger partial charge in [-0.05, 0) is 44.4 Å². The van der Waals surface area contributed by atoms with Crippen LogP contribution >= 0.6 is 0 Å². The van der Waals surface area contributed by atoms with Gasteiger partial charge in [0.2, 0.25) is 0 Å². The molecule has 116 valence electrons. The van der Waals surface area contributed by atoms with Gasteiger partial charge in [0.25, 0.3) is 0 Å². The first-order chi connectivity index (χ1) is 10.5. The molecule has 5 heteroatoms. The number of carbonyl (C=O) groups excluding carboxylic acids is 1. The molecule has 1 aliphatic heterocycles. The topological polar surface area (TPSA) is 50.2 Å². The summed E-state index contributed by atoms with van der Waals surface area (Å²) in [5.74, 6) is 0. The lowest BCUT2D eigenvalue weighted by Gasteiger charge is -2.18. The van der Waals surface area contributed by atoms with E-state index in [4.69, 9.17) is 0 Å². The third-order valence-electron chi connectivity index (χ3n) is 4.58. The third-order valence-corrected chi connectivity index (χ3v) is 4.58. The van der Waals surface area contributed by atoms with E-state index >= 15 is 0 Å². The highest BCUT2D eigenvalue weighted by molar-refractivity contribution is 5.94. The Bertz CT molecular complexity index is 733. The average Bonchev–Trinajstić information content (AvgIpc) is 3.01. The van der Waals surface area contributed by atoms with Gasteiger partial charge >= 0.3 is 6.03 Å². The highest BCUT2D eigenvalue weighted by Gasteiger charge is 2.25. The molecule has 0 unspecified atom stereocenters. The Kier molecular flexibility index (Phi) is 3.64. The van der Waals surface area contributed by atoms with Crippen molar-refractivity contribution in [2.45, 2.75) is 33.7 Å². The zero-order valence-corrected chi connectivity index (χ0v) is 13.6. The highest BCUT2D eigenvalue weighted by atomic mass is 16.2. The number of hydrogen-bond acceptors (Lipinski definition) is 2. The van der Waals surface area contributed by atoms with Crippen LogP contribution in [0.5, 0.6) is 0 Å². The van der Waals surface area contributed by atoms with Gasteiger partial charge in [0, 0.05) is 37.1 Å². The van der Waals surface area contributed by atoms with Crippen molar-refractivity contribution < 1.29 is 4.79 Å². The Labute approximate surface area is 130 Å². The van der Waals surface area contributed by atoms with Crippen molar-refractivity contribution in [1.29, 1.82) is 0 Å². The number of rotatable bonds is 2. The van der Waals surface area contributed by atoms with Crippen LogP contribution in [0, 0.1) is 20.8 Å². The average molecular weight is 298 g/mol. The standard InChI is InChI=1S/C17H22N4O/c1-11-6-5-7-16-14(11)8-9-21(16)17(22)18-10-15-12(2)19-20(4)13(15)3/h5-7H,8-10H2,1-4H3,(H,18,22). The summed E-state index contributed by atoms with van der Waals surface area (Å²) in [7, 11) is 1.92. The molecule has 2 amide bonds. The molecule has 1 aromatic carbocycles. The van der Waals surface area contributed by atoms with E-state index in [1.54, 1.807) is 0 Å². The summed E-state index contributed by atoms with van der Waals surface area (Å²) in [6, 6.07) is 6.10. The van der Waals surface area contributed by atoms with E-state index in [2.05, 4.69) is 23.4 Å². The number of carbonyl (C=O) groups is 1. The molecule has 2 aromatic rings.